The van der Waals surface area contributed by atoms with Crippen molar-refractivity contribution < 1.29 is 28.7 Å². The van der Waals surface area contributed by atoms with Crippen LogP contribution in [0.1, 0.15) is 36.1 Å². The molecule has 0 saturated carbocycles. The van der Waals surface area contributed by atoms with E-state index in [1.807, 2.05) is 23.6 Å². The number of benzene rings is 1. The number of nitrogens with zero attached hydrogens (tertiary/aromatic N) is 1. The zero-order valence-electron chi connectivity index (χ0n) is 19.4. The summed E-state index contributed by atoms with van der Waals surface area (Å²) >= 11 is 1.47. The molecule has 1 aromatic carbocycles. The highest BCUT2D eigenvalue weighted by atomic mass is 32.1. The van der Waals surface area contributed by atoms with Gasteiger partial charge in [0.25, 0.3) is 0 Å². The van der Waals surface area contributed by atoms with Crippen molar-refractivity contribution in [3.63, 3.8) is 0 Å². The zero-order chi connectivity index (χ0) is 25.3. The smallest absolute Gasteiger partial charge is 0.234 e. The fraction of sp³-hybridized carbons (Fsp3) is 0.286. The average molecular weight is 504 g/mol. The summed E-state index contributed by atoms with van der Waals surface area (Å²) in [7, 11) is 0. The Hall–Kier alpha value is -3.65. The largest absolute Gasteiger partial charge is 0.505 e. The number of imide groups is 1. The molecule has 2 amide bonds. The van der Waals surface area contributed by atoms with Crippen LogP contribution in [0.4, 0.5) is 4.39 Å². The van der Waals surface area contributed by atoms with E-state index in [4.69, 9.17) is 0 Å². The number of phenolic OH excluding ortho intramolecular Hbond substituents is 1. The maximum absolute atomic E-state index is 14.4. The van der Waals surface area contributed by atoms with Crippen LogP contribution in [0, 0.1) is 23.6 Å². The average Bonchev–Trinajstić information content (AvgIpc) is 3.46. The van der Waals surface area contributed by atoms with Crippen molar-refractivity contribution in [1.82, 2.24) is 4.90 Å². The van der Waals surface area contributed by atoms with Gasteiger partial charge in [-0.1, -0.05) is 29.8 Å². The lowest BCUT2D eigenvalue weighted by molar-refractivity contribution is -0.140. The van der Waals surface area contributed by atoms with Crippen LogP contribution in [0.3, 0.4) is 0 Å². The van der Waals surface area contributed by atoms with Crippen LogP contribution in [0.5, 0.6) is 5.75 Å². The van der Waals surface area contributed by atoms with Crippen LogP contribution in [-0.4, -0.2) is 33.4 Å². The fourth-order valence-corrected chi connectivity index (χ4v) is 6.95. The number of allylic oxidation sites excluding steroid dienone is 6. The van der Waals surface area contributed by atoms with Gasteiger partial charge in [-0.3, -0.25) is 24.1 Å². The summed E-state index contributed by atoms with van der Waals surface area (Å²) in [6.45, 7) is 1.76. The van der Waals surface area contributed by atoms with Crippen molar-refractivity contribution in [2.24, 2.45) is 17.8 Å². The molecule has 0 radical (unpaired) electrons. The maximum atomic E-state index is 14.4. The first kappa shape index (κ1) is 22.8. The van der Waals surface area contributed by atoms with Crippen LogP contribution in [0.15, 0.2) is 70.2 Å². The number of likely N-dealkylation sites (tertiary alicyclic amines) is 1. The first-order chi connectivity index (χ1) is 17.3. The van der Waals surface area contributed by atoms with Crippen molar-refractivity contribution >= 4 is 34.7 Å². The molecule has 0 spiro atoms. The third-order valence-corrected chi connectivity index (χ3v) is 8.74. The maximum Gasteiger partial charge on any atom is 0.234 e. The van der Waals surface area contributed by atoms with Gasteiger partial charge in [-0.05, 0) is 49.3 Å². The van der Waals surface area contributed by atoms with E-state index in [9.17, 15) is 28.7 Å². The number of thiophene rings is 1. The normalized spacial score (nSPS) is 27.6. The number of hydrogen-bond donors (Lipinski definition) is 1. The number of Topliss-reactive ketones (excluding diaryl/α,β-unsaturated/α-hetero) is 1. The lowest BCUT2D eigenvalue weighted by atomic mass is 9.59. The minimum absolute atomic E-state index is 0.148. The molecule has 3 aliphatic carbocycles. The van der Waals surface area contributed by atoms with E-state index >= 15 is 0 Å². The number of carbonyl (C=O) groups excluding carboxylic acids is 4. The van der Waals surface area contributed by atoms with Crippen LogP contribution in [-0.2, 0) is 25.7 Å². The van der Waals surface area contributed by atoms with Crippen molar-refractivity contribution in [2.75, 3.05) is 0 Å². The Balaban J connectivity index is 1.48. The highest BCUT2D eigenvalue weighted by Gasteiger charge is 2.56. The molecule has 8 heteroatoms. The van der Waals surface area contributed by atoms with E-state index in [1.165, 1.54) is 28.4 Å². The van der Waals surface area contributed by atoms with Gasteiger partial charge in [-0.25, -0.2) is 4.39 Å². The van der Waals surface area contributed by atoms with Gasteiger partial charge < -0.3 is 5.11 Å². The summed E-state index contributed by atoms with van der Waals surface area (Å²) in [5.41, 5.74) is 1.65. The van der Waals surface area contributed by atoms with Crippen LogP contribution in [0.25, 0.3) is 0 Å². The number of carbonyl (C=O) groups is 4. The third-order valence-electron chi connectivity index (χ3n) is 7.88. The SMILES string of the molecule is CC1=CC(=O)C2=C(C1=O)C(c1cccc(F)c1O)C1=CCC3C(=O)N(Cc4cccs4)C(=O)C3C1C2. The van der Waals surface area contributed by atoms with Crippen LogP contribution in [0.2, 0.25) is 0 Å². The molecule has 4 atom stereocenters. The molecule has 4 unspecified atom stereocenters. The number of rotatable bonds is 3. The minimum atomic E-state index is -0.871. The van der Waals surface area contributed by atoms with E-state index in [2.05, 4.69) is 0 Å². The Morgan fingerprint density at radius 1 is 1.08 bits per heavy atom. The molecule has 36 heavy (non-hydrogen) atoms. The van der Waals surface area contributed by atoms with Crippen molar-refractivity contribution in [2.45, 2.75) is 32.2 Å². The summed E-state index contributed by atoms with van der Waals surface area (Å²) in [6.07, 6.45) is 3.60. The Kier molecular flexibility index (Phi) is 5.19. The molecule has 1 aromatic heterocycles. The lowest BCUT2D eigenvalue weighted by Crippen LogP contribution is -2.39. The number of ketones is 2. The summed E-state index contributed by atoms with van der Waals surface area (Å²) in [5, 5.41) is 12.5. The Bertz CT molecular complexity index is 1450. The topological polar surface area (TPSA) is 91.8 Å². The number of fused-ring (bicyclic) bond motifs is 3. The second-order valence-electron chi connectivity index (χ2n) is 9.75. The van der Waals surface area contributed by atoms with E-state index in [0.29, 0.717) is 12.0 Å². The molecule has 0 bridgehead atoms. The lowest BCUT2D eigenvalue weighted by Gasteiger charge is -2.42. The minimum Gasteiger partial charge on any atom is -0.505 e. The predicted octanol–water partition coefficient (Wildman–Crippen LogP) is 4.22. The van der Waals surface area contributed by atoms with Crippen molar-refractivity contribution in [3.8, 4) is 5.75 Å². The van der Waals surface area contributed by atoms with Gasteiger partial charge in [0.2, 0.25) is 11.8 Å². The summed E-state index contributed by atoms with van der Waals surface area (Å²) in [6, 6.07) is 7.85. The quantitative estimate of drug-likeness (QED) is 0.385. The molecular weight excluding hydrogens is 481 g/mol. The number of para-hydroxylation sites is 1. The third kappa shape index (κ3) is 3.20. The number of amides is 2. The second-order valence-corrected chi connectivity index (χ2v) is 10.8. The highest BCUT2D eigenvalue weighted by molar-refractivity contribution is 7.09. The van der Waals surface area contributed by atoms with E-state index in [-0.39, 0.29) is 58.6 Å². The Morgan fingerprint density at radius 2 is 1.89 bits per heavy atom. The molecule has 6 nitrogen and oxygen atoms in total. The zero-order valence-corrected chi connectivity index (χ0v) is 20.2. The first-order valence-corrected chi connectivity index (χ1v) is 12.7. The number of halogens is 1. The molecule has 1 N–H and O–H groups in total. The molecule has 4 aliphatic rings. The molecule has 2 aromatic rings. The molecule has 2 heterocycles. The van der Waals surface area contributed by atoms with Crippen molar-refractivity contribution in [3.05, 3.63) is 86.4 Å². The number of aromatic hydroxyl groups is 1. The first-order valence-electron chi connectivity index (χ1n) is 11.8. The Morgan fingerprint density at radius 3 is 2.64 bits per heavy atom. The monoisotopic (exact) mass is 503 g/mol. The molecular formula is C28H22FNO5S. The Labute approximate surface area is 210 Å². The van der Waals surface area contributed by atoms with Gasteiger partial charge in [-0.2, -0.15) is 0 Å². The van der Waals surface area contributed by atoms with Crippen molar-refractivity contribution in [1.29, 1.82) is 0 Å². The van der Waals surface area contributed by atoms with Gasteiger partial charge in [0.15, 0.2) is 23.1 Å². The summed E-state index contributed by atoms with van der Waals surface area (Å²) in [5.74, 6) is -5.21. The number of hydrogen-bond acceptors (Lipinski definition) is 6. The summed E-state index contributed by atoms with van der Waals surface area (Å²) < 4.78 is 14.4. The van der Waals surface area contributed by atoms with E-state index in [1.54, 1.807) is 13.0 Å². The van der Waals surface area contributed by atoms with Gasteiger partial charge in [0.1, 0.15) is 0 Å². The second kappa shape index (κ2) is 8.20. The number of phenols is 1. The standard InChI is InChI=1S/C28H22FNO5S/c1-13-10-21(31)19-11-18-15(22(24(19)25(13)32)16-5-2-6-20(29)26(16)33)7-8-17-23(18)28(35)30(27(17)34)12-14-4-3-9-36-14/h2-7,9-10,17-18,22-23,33H,8,11-12H2,1H3. The van der Waals surface area contributed by atoms with Gasteiger partial charge in [0, 0.05) is 33.1 Å². The van der Waals surface area contributed by atoms with Gasteiger partial charge in [-0.15, -0.1) is 11.3 Å². The van der Waals surface area contributed by atoms with Crippen LogP contribution < -0.4 is 0 Å². The molecule has 182 valence electrons. The fourth-order valence-electron chi connectivity index (χ4n) is 6.26. The van der Waals surface area contributed by atoms with E-state index < -0.39 is 35.2 Å². The highest BCUT2D eigenvalue weighted by Crippen LogP contribution is 2.56. The molecule has 1 aliphatic heterocycles. The molecule has 1 fully saturated rings. The predicted molar refractivity (Wildman–Crippen MR) is 129 cm³/mol. The van der Waals surface area contributed by atoms with E-state index in [0.717, 1.165) is 10.9 Å². The molecule has 6 rings (SSSR count). The van der Waals surface area contributed by atoms with Crippen LogP contribution >= 0.6 is 11.3 Å². The van der Waals surface area contributed by atoms with Gasteiger partial charge >= 0.3 is 0 Å². The van der Waals surface area contributed by atoms with Gasteiger partial charge in [0.05, 0.1) is 18.4 Å². The molecule has 1 saturated heterocycles. The summed E-state index contributed by atoms with van der Waals surface area (Å²) in [4.78, 5) is 55.6.